The molecule has 1 aromatic rings. The lowest BCUT2D eigenvalue weighted by molar-refractivity contribution is 0.0601. The van der Waals surface area contributed by atoms with E-state index in [2.05, 4.69) is 15.4 Å². The van der Waals surface area contributed by atoms with Gasteiger partial charge in [0.25, 0.3) is 0 Å². The largest absolute Gasteiger partial charge is 0.493 e. The zero-order valence-corrected chi connectivity index (χ0v) is 11.2. The second-order valence-electron chi connectivity index (χ2n) is 3.45. The molecule has 0 heterocycles. The van der Waals surface area contributed by atoms with Crippen LogP contribution >= 0.6 is 0 Å². The highest BCUT2D eigenvalue weighted by molar-refractivity contribution is 6.01. The highest BCUT2D eigenvalue weighted by Crippen LogP contribution is 2.33. The average Bonchev–Trinajstić information content (AvgIpc) is 2.45. The Morgan fingerprint density at radius 3 is 2.11 bits per heavy atom. The molecule has 0 radical (unpaired) electrons. The van der Waals surface area contributed by atoms with Gasteiger partial charge in [-0.25, -0.2) is 9.59 Å². The van der Waals surface area contributed by atoms with Crippen molar-refractivity contribution in [3.8, 4) is 11.5 Å². The van der Waals surface area contributed by atoms with Crippen molar-refractivity contribution in [2.75, 3.05) is 33.7 Å². The predicted molar refractivity (Wildman–Crippen MR) is 69.0 cm³/mol. The van der Waals surface area contributed by atoms with E-state index in [1.54, 1.807) is 0 Å². The van der Waals surface area contributed by atoms with Gasteiger partial charge in [-0.1, -0.05) is 0 Å². The minimum absolute atomic E-state index is 0.170. The van der Waals surface area contributed by atoms with Crippen LogP contribution in [0.3, 0.4) is 0 Å². The maximum absolute atomic E-state index is 11.7. The van der Waals surface area contributed by atoms with E-state index in [0.717, 1.165) is 0 Å². The molecule has 104 valence electrons. The standard InChI is InChI=1S/C12H16N2O5/c1-13-12(16)14-8-6-10(18-3)9(17-2)5-7(8)11(15)19-4/h5-6H,1-4H3,(H2,13,14,16). The summed E-state index contributed by atoms with van der Waals surface area (Å²) in [6.07, 6.45) is 0. The monoisotopic (exact) mass is 268 g/mol. The summed E-state index contributed by atoms with van der Waals surface area (Å²) in [5.74, 6) is 0.166. The molecule has 19 heavy (non-hydrogen) atoms. The molecule has 2 amide bonds. The van der Waals surface area contributed by atoms with Gasteiger partial charge in [-0.3, -0.25) is 0 Å². The Bertz CT molecular complexity index is 487. The number of rotatable bonds is 4. The quantitative estimate of drug-likeness (QED) is 0.802. The van der Waals surface area contributed by atoms with Gasteiger partial charge in [-0.2, -0.15) is 0 Å². The van der Waals surface area contributed by atoms with Crippen LogP contribution in [-0.2, 0) is 4.74 Å². The molecule has 0 saturated heterocycles. The number of urea groups is 1. The van der Waals surface area contributed by atoms with Gasteiger partial charge in [0.1, 0.15) is 0 Å². The van der Waals surface area contributed by atoms with Crippen molar-refractivity contribution < 1.29 is 23.8 Å². The molecule has 0 saturated carbocycles. The number of hydrogen-bond donors (Lipinski definition) is 2. The summed E-state index contributed by atoms with van der Waals surface area (Å²) in [4.78, 5) is 23.0. The molecule has 0 atom stereocenters. The number of hydrogen-bond acceptors (Lipinski definition) is 5. The number of esters is 1. The van der Waals surface area contributed by atoms with Crippen LogP contribution in [0.4, 0.5) is 10.5 Å². The first-order valence-corrected chi connectivity index (χ1v) is 5.40. The minimum Gasteiger partial charge on any atom is -0.493 e. The first-order valence-electron chi connectivity index (χ1n) is 5.40. The highest BCUT2D eigenvalue weighted by atomic mass is 16.5. The molecular weight excluding hydrogens is 252 g/mol. The molecule has 7 heteroatoms. The Balaban J connectivity index is 3.31. The second-order valence-corrected chi connectivity index (χ2v) is 3.45. The Morgan fingerprint density at radius 2 is 1.63 bits per heavy atom. The Labute approximate surface area is 110 Å². The molecule has 0 aliphatic carbocycles. The van der Waals surface area contributed by atoms with E-state index >= 15 is 0 Å². The third-order valence-electron chi connectivity index (χ3n) is 2.40. The van der Waals surface area contributed by atoms with Crippen LogP contribution < -0.4 is 20.1 Å². The van der Waals surface area contributed by atoms with Crippen LogP contribution in [0, 0.1) is 0 Å². The van der Waals surface area contributed by atoms with Gasteiger partial charge >= 0.3 is 12.0 Å². The molecule has 0 spiro atoms. The lowest BCUT2D eigenvalue weighted by atomic mass is 10.1. The third kappa shape index (κ3) is 3.27. The van der Waals surface area contributed by atoms with Gasteiger partial charge in [0.15, 0.2) is 11.5 Å². The summed E-state index contributed by atoms with van der Waals surface area (Å²) in [6.45, 7) is 0. The summed E-state index contributed by atoms with van der Waals surface area (Å²) in [6, 6.07) is 2.47. The van der Waals surface area contributed by atoms with E-state index in [-0.39, 0.29) is 11.3 Å². The predicted octanol–water partition coefficient (Wildman–Crippen LogP) is 1.24. The molecular formula is C12H16N2O5. The van der Waals surface area contributed by atoms with E-state index in [1.807, 2.05) is 0 Å². The van der Waals surface area contributed by atoms with Crippen LogP contribution in [0.5, 0.6) is 11.5 Å². The van der Waals surface area contributed by atoms with Crippen molar-refractivity contribution in [1.29, 1.82) is 0 Å². The van der Waals surface area contributed by atoms with Crippen LogP contribution in [-0.4, -0.2) is 40.4 Å². The zero-order chi connectivity index (χ0) is 14.4. The van der Waals surface area contributed by atoms with Gasteiger partial charge in [-0.05, 0) is 0 Å². The van der Waals surface area contributed by atoms with Crippen LogP contribution in [0.2, 0.25) is 0 Å². The van der Waals surface area contributed by atoms with Crippen molar-refractivity contribution in [3.63, 3.8) is 0 Å². The van der Waals surface area contributed by atoms with Gasteiger partial charge in [0, 0.05) is 19.2 Å². The summed E-state index contributed by atoms with van der Waals surface area (Å²) < 4.78 is 14.9. The van der Waals surface area contributed by atoms with Crippen molar-refractivity contribution in [3.05, 3.63) is 17.7 Å². The van der Waals surface area contributed by atoms with Crippen molar-refractivity contribution in [2.24, 2.45) is 0 Å². The minimum atomic E-state index is -0.590. The molecule has 7 nitrogen and oxygen atoms in total. The van der Waals surface area contributed by atoms with E-state index in [4.69, 9.17) is 9.47 Å². The Hall–Kier alpha value is -2.44. The van der Waals surface area contributed by atoms with Crippen LogP contribution in [0.15, 0.2) is 12.1 Å². The summed E-state index contributed by atoms with van der Waals surface area (Å²) in [5, 5.41) is 4.90. The molecule has 0 fully saturated rings. The average molecular weight is 268 g/mol. The fraction of sp³-hybridized carbons (Fsp3) is 0.333. The first-order chi connectivity index (χ1) is 9.07. The molecule has 0 unspecified atom stereocenters. The molecule has 2 N–H and O–H groups in total. The summed E-state index contributed by atoms with van der Waals surface area (Å²) >= 11 is 0. The lowest BCUT2D eigenvalue weighted by Gasteiger charge is -2.14. The number of amides is 2. The SMILES string of the molecule is CNC(=O)Nc1cc(OC)c(OC)cc1C(=O)OC. The topological polar surface area (TPSA) is 85.9 Å². The van der Waals surface area contributed by atoms with Crippen LogP contribution in [0.25, 0.3) is 0 Å². The number of methoxy groups -OCH3 is 3. The Kier molecular flexibility index (Phi) is 4.99. The maximum Gasteiger partial charge on any atom is 0.340 e. The van der Waals surface area contributed by atoms with Gasteiger partial charge in [-0.15, -0.1) is 0 Å². The molecule has 1 rings (SSSR count). The van der Waals surface area contributed by atoms with Gasteiger partial charge in [0.2, 0.25) is 0 Å². The molecule has 0 aromatic heterocycles. The van der Waals surface area contributed by atoms with E-state index in [9.17, 15) is 9.59 Å². The molecule has 0 bridgehead atoms. The van der Waals surface area contributed by atoms with Crippen molar-refractivity contribution in [1.82, 2.24) is 5.32 Å². The van der Waals surface area contributed by atoms with Crippen molar-refractivity contribution >= 4 is 17.7 Å². The summed E-state index contributed by atoms with van der Waals surface area (Å²) in [7, 11) is 5.63. The lowest BCUT2D eigenvalue weighted by Crippen LogP contribution is -2.25. The zero-order valence-electron chi connectivity index (χ0n) is 11.2. The highest BCUT2D eigenvalue weighted by Gasteiger charge is 2.18. The van der Waals surface area contributed by atoms with E-state index < -0.39 is 12.0 Å². The summed E-state index contributed by atoms with van der Waals surface area (Å²) in [5.41, 5.74) is 0.438. The Morgan fingerprint density at radius 1 is 1.05 bits per heavy atom. The van der Waals surface area contributed by atoms with Crippen LogP contribution in [0.1, 0.15) is 10.4 Å². The normalized spacial score (nSPS) is 9.47. The smallest absolute Gasteiger partial charge is 0.340 e. The molecule has 1 aromatic carbocycles. The number of anilines is 1. The first kappa shape index (κ1) is 14.6. The van der Waals surface area contributed by atoms with Gasteiger partial charge < -0.3 is 24.8 Å². The second kappa shape index (κ2) is 6.48. The molecule has 0 aliphatic rings. The number of carbonyl (C=O) groups is 2. The third-order valence-corrected chi connectivity index (χ3v) is 2.40. The van der Waals surface area contributed by atoms with Crippen molar-refractivity contribution in [2.45, 2.75) is 0 Å². The number of ether oxygens (including phenoxy) is 3. The fourth-order valence-electron chi connectivity index (χ4n) is 1.45. The maximum atomic E-state index is 11.7. The number of benzene rings is 1. The number of carbonyl (C=O) groups excluding carboxylic acids is 2. The number of nitrogens with one attached hydrogen (secondary N) is 2. The van der Waals surface area contributed by atoms with E-state index in [0.29, 0.717) is 11.5 Å². The van der Waals surface area contributed by atoms with E-state index in [1.165, 1.54) is 40.5 Å². The fourth-order valence-corrected chi connectivity index (χ4v) is 1.45. The molecule has 0 aliphatic heterocycles. The van der Waals surface area contributed by atoms with Gasteiger partial charge in [0.05, 0.1) is 32.6 Å².